The monoisotopic (exact) mass is 210 g/mol. The first kappa shape index (κ1) is 12.3. The van der Waals surface area contributed by atoms with Gasteiger partial charge in [0.05, 0.1) is 0 Å². The maximum atomic E-state index is 10.9. The van der Waals surface area contributed by atoms with Crippen LogP contribution < -0.4 is 9.44 Å². The van der Waals surface area contributed by atoms with Gasteiger partial charge in [-0.2, -0.15) is 13.1 Å². The van der Waals surface area contributed by atoms with Crippen molar-refractivity contribution >= 4 is 16.2 Å². The lowest BCUT2D eigenvalue weighted by Gasteiger charge is -2.16. The Labute approximate surface area is 77.5 Å². The summed E-state index contributed by atoms with van der Waals surface area (Å²) in [6.07, 6.45) is 0. The number of carboxylic acids is 1. The van der Waals surface area contributed by atoms with Gasteiger partial charge in [-0.1, -0.05) is 13.8 Å². The largest absolute Gasteiger partial charge is 0.480 e. The SMILES string of the molecule is CNS(=O)(=O)NC(C(=O)O)C(C)C. The van der Waals surface area contributed by atoms with E-state index in [-0.39, 0.29) is 5.92 Å². The molecule has 0 aromatic heterocycles. The summed E-state index contributed by atoms with van der Waals surface area (Å²) in [5, 5.41) is 8.65. The molecule has 6 nitrogen and oxygen atoms in total. The van der Waals surface area contributed by atoms with E-state index in [1.54, 1.807) is 13.8 Å². The molecule has 0 spiro atoms. The van der Waals surface area contributed by atoms with Crippen molar-refractivity contribution in [2.45, 2.75) is 19.9 Å². The fourth-order valence-electron chi connectivity index (χ4n) is 0.698. The predicted molar refractivity (Wildman–Crippen MR) is 47.4 cm³/mol. The Bertz CT molecular complexity index is 272. The van der Waals surface area contributed by atoms with Gasteiger partial charge < -0.3 is 5.11 Å². The van der Waals surface area contributed by atoms with E-state index in [0.717, 1.165) is 0 Å². The van der Waals surface area contributed by atoms with Crippen molar-refractivity contribution in [3.63, 3.8) is 0 Å². The molecule has 0 aliphatic heterocycles. The lowest BCUT2D eigenvalue weighted by atomic mass is 10.1. The molecule has 13 heavy (non-hydrogen) atoms. The van der Waals surface area contributed by atoms with E-state index >= 15 is 0 Å². The zero-order chi connectivity index (χ0) is 10.6. The summed E-state index contributed by atoms with van der Waals surface area (Å²) < 4.78 is 25.8. The zero-order valence-corrected chi connectivity index (χ0v) is 8.55. The van der Waals surface area contributed by atoms with Crippen molar-refractivity contribution in [3.8, 4) is 0 Å². The Balaban J connectivity index is 4.54. The van der Waals surface area contributed by atoms with Crippen LogP contribution in [0.3, 0.4) is 0 Å². The van der Waals surface area contributed by atoms with Gasteiger partial charge in [-0.3, -0.25) is 4.79 Å². The number of carbonyl (C=O) groups is 1. The lowest BCUT2D eigenvalue weighted by Crippen LogP contribution is -2.48. The van der Waals surface area contributed by atoms with Gasteiger partial charge in [0.25, 0.3) is 10.2 Å². The molecule has 0 saturated carbocycles. The molecule has 1 unspecified atom stereocenters. The quantitative estimate of drug-likeness (QED) is 0.550. The molecule has 3 N–H and O–H groups in total. The Hall–Kier alpha value is -0.660. The second-order valence-corrected chi connectivity index (χ2v) is 4.54. The van der Waals surface area contributed by atoms with Gasteiger partial charge in [-0.05, 0) is 5.92 Å². The van der Waals surface area contributed by atoms with Gasteiger partial charge in [-0.25, -0.2) is 4.72 Å². The molecular weight excluding hydrogens is 196 g/mol. The van der Waals surface area contributed by atoms with Gasteiger partial charge in [0.15, 0.2) is 0 Å². The molecule has 0 aromatic carbocycles. The van der Waals surface area contributed by atoms with Crippen molar-refractivity contribution in [2.24, 2.45) is 5.92 Å². The molecule has 0 saturated heterocycles. The van der Waals surface area contributed by atoms with Gasteiger partial charge >= 0.3 is 5.97 Å². The van der Waals surface area contributed by atoms with Crippen molar-refractivity contribution < 1.29 is 18.3 Å². The van der Waals surface area contributed by atoms with Gasteiger partial charge in [-0.15, -0.1) is 0 Å². The van der Waals surface area contributed by atoms with Gasteiger partial charge in [0.1, 0.15) is 6.04 Å². The highest BCUT2D eigenvalue weighted by atomic mass is 32.2. The van der Waals surface area contributed by atoms with E-state index in [2.05, 4.69) is 0 Å². The normalized spacial score (nSPS) is 14.5. The van der Waals surface area contributed by atoms with Crippen LogP contribution in [0, 0.1) is 5.92 Å². The Kier molecular flexibility index (Phi) is 4.31. The molecule has 0 heterocycles. The molecular formula is C6H14N2O4S. The third-order valence-corrected chi connectivity index (χ3v) is 2.59. The number of aliphatic carboxylic acids is 1. The van der Waals surface area contributed by atoms with Gasteiger partial charge in [0, 0.05) is 7.05 Å². The van der Waals surface area contributed by atoms with Crippen molar-refractivity contribution in [1.82, 2.24) is 9.44 Å². The summed E-state index contributed by atoms with van der Waals surface area (Å²) in [4.78, 5) is 10.6. The third kappa shape index (κ3) is 4.20. The molecule has 0 aliphatic rings. The third-order valence-electron chi connectivity index (χ3n) is 1.48. The van der Waals surface area contributed by atoms with Gasteiger partial charge in [0.2, 0.25) is 0 Å². The number of carboxylic acid groups (broad SMARTS) is 1. The smallest absolute Gasteiger partial charge is 0.322 e. The highest BCUT2D eigenvalue weighted by Gasteiger charge is 2.25. The molecule has 0 rings (SSSR count). The summed E-state index contributed by atoms with van der Waals surface area (Å²) in [6, 6.07) is -1.10. The number of rotatable bonds is 5. The second-order valence-electron chi connectivity index (χ2n) is 2.89. The number of hydrogen-bond acceptors (Lipinski definition) is 3. The predicted octanol–water partition coefficient (Wildman–Crippen LogP) is -0.851. The van der Waals surface area contributed by atoms with Crippen LogP contribution in [0.25, 0.3) is 0 Å². The van der Waals surface area contributed by atoms with Crippen molar-refractivity contribution in [3.05, 3.63) is 0 Å². The fourth-order valence-corrected chi connectivity index (χ4v) is 1.52. The van der Waals surface area contributed by atoms with Crippen LogP contribution in [0.1, 0.15) is 13.8 Å². The van der Waals surface area contributed by atoms with Crippen molar-refractivity contribution in [2.75, 3.05) is 7.05 Å². The van der Waals surface area contributed by atoms with Crippen LogP contribution in [0.5, 0.6) is 0 Å². The Morgan fingerprint density at radius 3 is 2.08 bits per heavy atom. The Morgan fingerprint density at radius 1 is 1.38 bits per heavy atom. The lowest BCUT2D eigenvalue weighted by molar-refractivity contribution is -0.140. The second kappa shape index (κ2) is 4.54. The summed E-state index contributed by atoms with van der Waals surface area (Å²) in [7, 11) is -2.48. The maximum absolute atomic E-state index is 10.9. The summed E-state index contributed by atoms with van der Waals surface area (Å²) in [5.41, 5.74) is 0. The van der Waals surface area contributed by atoms with Crippen LogP contribution in [0.4, 0.5) is 0 Å². The van der Waals surface area contributed by atoms with Crippen LogP contribution in [-0.4, -0.2) is 32.6 Å². The minimum absolute atomic E-state index is 0.305. The molecule has 78 valence electrons. The minimum Gasteiger partial charge on any atom is -0.480 e. The molecule has 7 heteroatoms. The maximum Gasteiger partial charge on any atom is 0.322 e. The Morgan fingerprint density at radius 2 is 1.85 bits per heavy atom. The van der Waals surface area contributed by atoms with E-state index in [0.29, 0.717) is 0 Å². The fraction of sp³-hybridized carbons (Fsp3) is 0.833. The molecule has 0 radical (unpaired) electrons. The van der Waals surface area contributed by atoms with Crippen LogP contribution >= 0.6 is 0 Å². The average molecular weight is 210 g/mol. The highest BCUT2D eigenvalue weighted by molar-refractivity contribution is 7.87. The zero-order valence-electron chi connectivity index (χ0n) is 7.73. The molecule has 0 amide bonds. The summed E-state index contributed by atoms with van der Waals surface area (Å²) in [6.45, 7) is 3.24. The summed E-state index contributed by atoms with van der Waals surface area (Å²) >= 11 is 0. The molecule has 0 aliphatic carbocycles. The van der Waals surface area contributed by atoms with E-state index < -0.39 is 22.2 Å². The molecule has 0 fully saturated rings. The first-order valence-electron chi connectivity index (χ1n) is 3.73. The first-order chi connectivity index (χ1) is 5.80. The highest BCUT2D eigenvalue weighted by Crippen LogP contribution is 2.02. The number of hydrogen-bond donors (Lipinski definition) is 3. The molecule has 0 bridgehead atoms. The first-order valence-corrected chi connectivity index (χ1v) is 5.22. The average Bonchev–Trinajstić information content (AvgIpc) is 1.99. The standard InChI is InChI=1S/C6H14N2O4S/c1-4(2)5(6(9)10)8-13(11,12)7-3/h4-5,7-8H,1-3H3,(H,9,10). The molecule has 0 aromatic rings. The van der Waals surface area contributed by atoms with Crippen LogP contribution in [0.2, 0.25) is 0 Å². The van der Waals surface area contributed by atoms with Crippen LogP contribution in [0.15, 0.2) is 0 Å². The van der Waals surface area contributed by atoms with Crippen molar-refractivity contribution in [1.29, 1.82) is 0 Å². The molecule has 1 atom stereocenters. The summed E-state index contributed by atoms with van der Waals surface area (Å²) in [5.74, 6) is -1.49. The topological polar surface area (TPSA) is 95.5 Å². The van der Waals surface area contributed by atoms with E-state index in [1.807, 2.05) is 9.44 Å². The van der Waals surface area contributed by atoms with E-state index in [1.165, 1.54) is 7.05 Å². The van der Waals surface area contributed by atoms with E-state index in [9.17, 15) is 13.2 Å². The number of nitrogens with one attached hydrogen (secondary N) is 2. The van der Waals surface area contributed by atoms with E-state index in [4.69, 9.17) is 5.11 Å². The minimum atomic E-state index is -3.69. The van der Waals surface area contributed by atoms with Crippen LogP contribution in [-0.2, 0) is 15.0 Å².